The molecule has 0 aromatic carbocycles. The minimum atomic E-state index is -0.980. The van der Waals surface area contributed by atoms with Crippen LogP contribution < -0.4 is 5.32 Å². The third-order valence-electron chi connectivity index (χ3n) is 2.09. The first-order chi connectivity index (χ1) is 7.08. The molecule has 0 radical (unpaired) electrons. The Bertz CT molecular complexity index is 386. The topological polar surface area (TPSA) is 60.9 Å². The van der Waals surface area contributed by atoms with Crippen LogP contribution >= 0.6 is 11.6 Å². The van der Waals surface area contributed by atoms with Gasteiger partial charge in [-0.1, -0.05) is 0 Å². The number of fused-ring (bicyclic) bond motifs is 1. The molecule has 0 amide bonds. The summed E-state index contributed by atoms with van der Waals surface area (Å²) >= 11 is 4.82. The van der Waals surface area contributed by atoms with E-state index in [9.17, 15) is 4.55 Å². The van der Waals surface area contributed by atoms with Crippen LogP contribution in [0, 0.1) is 0 Å². The highest BCUT2D eigenvalue weighted by Crippen LogP contribution is 2.31. The van der Waals surface area contributed by atoms with Crippen molar-refractivity contribution in [2.24, 2.45) is 0 Å². The van der Waals surface area contributed by atoms with Crippen LogP contribution in [0.2, 0.25) is 5.28 Å². The molecular formula is C9H12ClN3OS. The number of nitrogens with one attached hydrogen (secondary N) is 1. The molecule has 1 atom stereocenters. The molecule has 1 aromatic heterocycles. The van der Waals surface area contributed by atoms with Crippen molar-refractivity contribution < 1.29 is 4.55 Å². The molecule has 1 aromatic rings. The van der Waals surface area contributed by atoms with Gasteiger partial charge in [-0.15, -0.1) is 0 Å². The maximum absolute atomic E-state index is 11.7. The monoisotopic (exact) mass is 245 g/mol. The van der Waals surface area contributed by atoms with E-state index in [4.69, 9.17) is 11.6 Å². The van der Waals surface area contributed by atoms with E-state index in [-0.39, 0.29) is 11.3 Å². The summed E-state index contributed by atoms with van der Waals surface area (Å²) in [4.78, 5) is 8.91. The van der Waals surface area contributed by atoms with E-state index in [0.29, 0.717) is 11.6 Å². The van der Waals surface area contributed by atoms with Crippen molar-refractivity contribution in [1.29, 1.82) is 0 Å². The molecule has 1 aliphatic rings. The number of hydrogen-bond acceptors (Lipinski definition) is 4. The predicted molar refractivity (Wildman–Crippen MR) is 60.8 cm³/mol. The van der Waals surface area contributed by atoms with Crippen molar-refractivity contribution in [3.05, 3.63) is 11.0 Å². The lowest BCUT2D eigenvalue weighted by atomic mass is 10.3. The molecule has 0 saturated heterocycles. The van der Waals surface area contributed by atoms with Crippen molar-refractivity contribution >= 4 is 28.6 Å². The lowest BCUT2D eigenvalue weighted by Gasteiger charge is -2.12. The Kier molecular flexibility index (Phi) is 3.04. The first-order valence-corrected chi connectivity index (χ1v) is 6.49. The van der Waals surface area contributed by atoms with Crippen LogP contribution in [0.3, 0.4) is 0 Å². The standard InChI is InChI=1S/C9H12ClN3OS/c1-5(2)11-8-7-6(3-4-15(7)14)12-9(10)13-8/h5H,3-4H2,1-2H3,(H,11,12,13). The van der Waals surface area contributed by atoms with Crippen LogP contribution in [0.25, 0.3) is 0 Å². The zero-order valence-corrected chi connectivity index (χ0v) is 10.2. The predicted octanol–water partition coefficient (Wildman–Crippen LogP) is 1.61. The molecule has 2 rings (SSSR count). The van der Waals surface area contributed by atoms with Gasteiger partial charge in [0.1, 0.15) is 11.4 Å². The van der Waals surface area contributed by atoms with E-state index < -0.39 is 11.2 Å². The molecule has 82 valence electrons. The first kappa shape index (κ1) is 11.0. The Balaban J connectivity index is 2.44. The molecule has 1 unspecified atom stereocenters. The van der Waals surface area contributed by atoms with Crippen molar-refractivity contribution in [2.45, 2.75) is 31.2 Å². The minimum Gasteiger partial charge on any atom is -0.611 e. The largest absolute Gasteiger partial charge is 0.611 e. The fraction of sp³-hybridized carbons (Fsp3) is 0.556. The summed E-state index contributed by atoms with van der Waals surface area (Å²) in [6, 6.07) is 0.234. The van der Waals surface area contributed by atoms with E-state index in [1.165, 1.54) is 0 Å². The second-order valence-electron chi connectivity index (χ2n) is 3.72. The van der Waals surface area contributed by atoms with E-state index in [1.807, 2.05) is 13.8 Å². The van der Waals surface area contributed by atoms with Gasteiger partial charge in [0, 0.05) is 12.5 Å². The summed E-state index contributed by atoms with van der Waals surface area (Å²) in [7, 11) is 0. The molecule has 0 fully saturated rings. The van der Waals surface area contributed by atoms with Crippen LogP contribution in [0.15, 0.2) is 4.90 Å². The average molecular weight is 246 g/mol. The van der Waals surface area contributed by atoms with Gasteiger partial charge in [0.05, 0.1) is 0 Å². The Hall–Kier alpha value is -0.520. The van der Waals surface area contributed by atoms with Gasteiger partial charge in [0.25, 0.3) is 0 Å². The third kappa shape index (κ3) is 2.19. The Labute approximate surface area is 96.6 Å². The summed E-state index contributed by atoms with van der Waals surface area (Å²) < 4.78 is 11.7. The molecular weight excluding hydrogens is 234 g/mol. The molecule has 4 nitrogen and oxygen atoms in total. The second-order valence-corrected chi connectivity index (χ2v) is 5.56. The number of aromatic nitrogens is 2. The number of halogens is 1. The molecule has 0 spiro atoms. The summed E-state index contributed by atoms with van der Waals surface area (Å²) in [5.41, 5.74) is 0.816. The summed E-state index contributed by atoms with van der Waals surface area (Å²) in [5.74, 6) is 1.24. The van der Waals surface area contributed by atoms with Gasteiger partial charge in [-0.05, 0) is 36.6 Å². The van der Waals surface area contributed by atoms with Gasteiger partial charge >= 0.3 is 0 Å². The number of anilines is 1. The SMILES string of the molecule is CC(C)Nc1nc(Cl)nc2c1[S+]([O-])CC2. The molecule has 0 aliphatic carbocycles. The fourth-order valence-electron chi connectivity index (χ4n) is 1.54. The quantitative estimate of drug-likeness (QED) is 0.635. The third-order valence-corrected chi connectivity index (χ3v) is 3.71. The van der Waals surface area contributed by atoms with Gasteiger partial charge in [0.15, 0.2) is 5.82 Å². The van der Waals surface area contributed by atoms with Gasteiger partial charge in [-0.3, -0.25) is 0 Å². The fourth-order valence-corrected chi connectivity index (χ4v) is 3.04. The minimum absolute atomic E-state index is 0.218. The first-order valence-electron chi connectivity index (χ1n) is 4.79. The Morgan fingerprint density at radius 3 is 2.87 bits per heavy atom. The lowest BCUT2D eigenvalue weighted by Crippen LogP contribution is -2.15. The maximum Gasteiger partial charge on any atom is 0.224 e. The van der Waals surface area contributed by atoms with Crippen molar-refractivity contribution in [2.75, 3.05) is 11.1 Å². The van der Waals surface area contributed by atoms with Gasteiger partial charge < -0.3 is 9.87 Å². The molecule has 6 heteroatoms. The van der Waals surface area contributed by atoms with E-state index in [0.717, 1.165) is 17.0 Å². The Morgan fingerprint density at radius 1 is 1.47 bits per heavy atom. The average Bonchev–Trinajstić information content (AvgIpc) is 2.46. The van der Waals surface area contributed by atoms with Crippen LogP contribution in [0.5, 0.6) is 0 Å². The number of hydrogen-bond donors (Lipinski definition) is 1. The summed E-state index contributed by atoms with van der Waals surface area (Å²) in [6.07, 6.45) is 0.719. The van der Waals surface area contributed by atoms with Crippen LogP contribution in [-0.4, -0.2) is 26.3 Å². The van der Waals surface area contributed by atoms with E-state index >= 15 is 0 Å². The second kappa shape index (κ2) is 4.15. The van der Waals surface area contributed by atoms with Crippen LogP contribution in [-0.2, 0) is 17.6 Å². The highest BCUT2D eigenvalue weighted by molar-refractivity contribution is 7.91. The lowest BCUT2D eigenvalue weighted by molar-refractivity contribution is 0.598. The van der Waals surface area contributed by atoms with Gasteiger partial charge in [0.2, 0.25) is 10.2 Å². The summed E-state index contributed by atoms with van der Waals surface area (Å²) in [5, 5.41) is 3.37. The van der Waals surface area contributed by atoms with Crippen LogP contribution in [0.1, 0.15) is 19.5 Å². The number of rotatable bonds is 2. The van der Waals surface area contributed by atoms with E-state index in [2.05, 4.69) is 15.3 Å². The van der Waals surface area contributed by atoms with Gasteiger partial charge in [-0.2, -0.15) is 4.98 Å². The smallest absolute Gasteiger partial charge is 0.224 e. The zero-order valence-electron chi connectivity index (χ0n) is 8.58. The zero-order chi connectivity index (χ0) is 11.0. The molecule has 2 heterocycles. The normalized spacial score (nSPS) is 19.4. The Morgan fingerprint density at radius 2 is 2.20 bits per heavy atom. The van der Waals surface area contributed by atoms with Gasteiger partial charge in [-0.25, -0.2) is 4.98 Å². The van der Waals surface area contributed by atoms with E-state index in [1.54, 1.807) is 0 Å². The molecule has 1 N–H and O–H groups in total. The molecule has 1 aliphatic heterocycles. The number of aryl methyl sites for hydroxylation is 1. The molecule has 15 heavy (non-hydrogen) atoms. The van der Waals surface area contributed by atoms with Crippen molar-refractivity contribution in [3.63, 3.8) is 0 Å². The molecule has 0 bridgehead atoms. The van der Waals surface area contributed by atoms with Crippen molar-refractivity contribution in [3.8, 4) is 0 Å². The van der Waals surface area contributed by atoms with Crippen LogP contribution in [0.4, 0.5) is 5.82 Å². The van der Waals surface area contributed by atoms with Crippen molar-refractivity contribution in [1.82, 2.24) is 9.97 Å². The highest BCUT2D eigenvalue weighted by Gasteiger charge is 2.31. The highest BCUT2D eigenvalue weighted by atomic mass is 35.5. The maximum atomic E-state index is 11.7. The number of nitrogens with zero attached hydrogens (tertiary/aromatic N) is 2. The summed E-state index contributed by atoms with van der Waals surface area (Å²) in [6.45, 7) is 4.00. The molecule has 0 saturated carbocycles.